The van der Waals surface area contributed by atoms with E-state index in [0.29, 0.717) is 12.3 Å². The minimum atomic E-state index is -0.938. The van der Waals surface area contributed by atoms with E-state index in [2.05, 4.69) is 0 Å². The summed E-state index contributed by atoms with van der Waals surface area (Å²) < 4.78 is 5.14. The molecule has 0 aliphatic carbocycles. The van der Waals surface area contributed by atoms with E-state index in [9.17, 15) is 14.7 Å². The van der Waals surface area contributed by atoms with Gasteiger partial charge in [-0.25, -0.2) is 0 Å². The molecule has 1 aliphatic rings. The molecule has 2 heterocycles. The van der Waals surface area contributed by atoms with Crippen LogP contribution in [0.25, 0.3) is 0 Å². The number of ether oxygens (including phenoxy) is 1. The number of hydrogen-bond acceptors (Lipinski definition) is 4. The van der Waals surface area contributed by atoms with E-state index in [1.807, 2.05) is 29.0 Å². The van der Waals surface area contributed by atoms with Crippen LogP contribution in [0.4, 0.5) is 0 Å². The number of benzene rings is 1. The number of carbonyl (C=O) groups is 2. The normalized spacial score (nSPS) is 20.7. The predicted octanol–water partition coefficient (Wildman–Crippen LogP) is 2.93. The number of thiophene rings is 1. The van der Waals surface area contributed by atoms with Gasteiger partial charge < -0.3 is 14.7 Å². The number of carboxylic acid groups (broad SMARTS) is 1. The lowest BCUT2D eigenvalue weighted by Crippen LogP contribution is -2.30. The van der Waals surface area contributed by atoms with Gasteiger partial charge in [-0.1, -0.05) is 12.1 Å². The molecule has 3 rings (SSSR count). The number of likely N-dealkylation sites (tertiary alicyclic amines) is 1. The van der Waals surface area contributed by atoms with Gasteiger partial charge in [-0.2, -0.15) is 11.3 Å². The molecule has 0 saturated carbocycles. The van der Waals surface area contributed by atoms with Crippen LogP contribution in [0.15, 0.2) is 41.1 Å². The Balaban J connectivity index is 1.94. The molecule has 0 radical (unpaired) electrons. The van der Waals surface area contributed by atoms with E-state index in [-0.39, 0.29) is 12.3 Å². The number of nitrogens with zero attached hydrogens (tertiary/aromatic N) is 1. The first-order chi connectivity index (χ1) is 11.1. The molecular formula is C17H17NO4S. The molecule has 120 valence electrons. The number of methoxy groups -OCH3 is 1. The summed E-state index contributed by atoms with van der Waals surface area (Å²) >= 11 is 1.56. The summed E-state index contributed by atoms with van der Waals surface area (Å²) in [5.74, 6) is -1.08. The third-order valence-corrected chi connectivity index (χ3v) is 4.87. The first kappa shape index (κ1) is 15.6. The van der Waals surface area contributed by atoms with Gasteiger partial charge in [-0.15, -0.1) is 0 Å². The van der Waals surface area contributed by atoms with Gasteiger partial charge in [0.25, 0.3) is 0 Å². The zero-order chi connectivity index (χ0) is 16.4. The zero-order valence-corrected chi connectivity index (χ0v) is 13.5. The number of aliphatic carboxylic acids is 1. The Bertz CT molecular complexity index is 696. The van der Waals surface area contributed by atoms with Crippen molar-refractivity contribution in [3.8, 4) is 5.75 Å². The fraction of sp³-hybridized carbons (Fsp3) is 0.294. The van der Waals surface area contributed by atoms with Gasteiger partial charge >= 0.3 is 5.97 Å². The second-order valence-electron chi connectivity index (χ2n) is 5.52. The van der Waals surface area contributed by atoms with E-state index in [0.717, 1.165) is 11.1 Å². The second-order valence-corrected chi connectivity index (χ2v) is 6.30. The van der Waals surface area contributed by atoms with Crippen LogP contribution in [-0.2, 0) is 16.1 Å². The van der Waals surface area contributed by atoms with Crippen LogP contribution in [0.2, 0.25) is 0 Å². The predicted molar refractivity (Wildman–Crippen MR) is 86.3 cm³/mol. The molecule has 0 spiro atoms. The Hall–Kier alpha value is -2.34. The van der Waals surface area contributed by atoms with Crippen molar-refractivity contribution in [2.24, 2.45) is 5.92 Å². The quantitative estimate of drug-likeness (QED) is 0.915. The summed E-state index contributed by atoms with van der Waals surface area (Å²) in [5.41, 5.74) is 1.84. The van der Waals surface area contributed by atoms with Gasteiger partial charge in [0.05, 0.1) is 19.1 Å². The van der Waals surface area contributed by atoms with Gasteiger partial charge in [-0.05, 0) is 40.1 Å². The fourth-order valence-corrected chi connectivity index (χ4v) is 3.65. The molecular weight excluding hydrogens is 314 g/mol. The monoisotopic (exact) mass is 331 g/mol. The number of hydrogen-bond donors (Lipinski definition) is 1. The molecule has 23 heavy (non-hydrogen) atoms. The topological polar surface area (TPSA) is 66.8 Å². The molecule has 0 bridgehead atoms. The summed E-state index contributed by atoms with van der Waals surface area (Å²) in [5, 5.41) is 13.4. The van der Waals surface area contributed by atoms with Crippen molar-refractivity contribution in [1.29, 1.82) is 0 Å². The third kappa shape index (κ3) is 3.07. The van der Waals surface area contributed by atoms with E-state index < -0.39 is 17.9 Å². The first-order valence-electron chi connectivity index (χ1n) is 7.27. The molecule has 1 fully saturated rings. The number of rotatable bonds is 5. The molecule has 5 nitrogen and oxygen atoms in total. The summed E-state index contributed by atoms with van der Waals surface area (Å²) in [6, 6.07) is 8.75. The molecule has 1 amide bonds. The highest BCUT2D eigenvalue weighted by Crippen LogP contribution is 2.39. The molecule has 1 saturated heterocycles. The largest absolute Gasteiger partial charge is 0.497 e. The zero-order valence-electron chi connectivity index (χ0n) is 12.6. The lowest BCUT2D eigenvalue weighted by atomic mass is 9.93. The highest BCUT2D eigenvalue weighted by molar-refractivity contribution is 7.07. The van der Waals surface area contributed by atoms with Crippen LogP contribution in [0.3, 0.4) is 0 Å². The number of carbonyl (C=O) groups excluding carboxylic acids is 1. The molecule has 1 aliphatic heterocycles. The fourth-order valence-electron chi connectivity index (χ4n) is 2.99. The minimum absolute atomic E-state index is 0.0379. The molecule has 6 heteroatoms. The van der Waals surface area contributed by atoms with Crippen molar-refractivity contribution < 1.29 is 19.4 Å². The summed E-state index contributed by atoms with van der Waals surface area (Å²) in [4.78, 5) is 25.6. The summed E-state index contributed by atoms with van der Waals surface area (Å²) in [6.45, 7) is 0.433. The molecule has 2 aromatic rings. The van der Waals surface area contributed by atoms with E-state index in [1.165, 1.54) is 0 Å². The maximum Gasteiger partial charge on any atom is 0.309 e. The maximum atomic E-state index is 12.4. The van der Waals surface area contributed by atoms with Crippen LogP contribution in [0, 0.1) is 5.92 Å². The van der Waals surface area contributed by atoms with Gasteiger partial charge in [0.2, 0.25) is 5.91 Å². The SMILES string of the molecule is COc1ccc(C2C(C(=O)O)CC(=O)N2Cc2ccsc2)cc1. The van der Waals surface area contributed by atoms with Crippen molar-refractivity contribution in [1.82, 2.24) is 4.90 Å². The van der Waals surface area contributed by atoms with Crippen LogP contribution < -0.4 is 4.74 Å². The lowest BCUT2D eigenvalue weighted by Gasteiger charge is -2.27. The van der Waals surface area contributed by atoms with Gasteiger partial charge in [-0.3, -0.25) is 9.59 Å². The number of carboxylic acids is 1. The lowest BCUT2D eigenvalue weighted by molar-refractivity contribution is -0.142. The Labute approximate surface area is 138 Å². The summed E-state index contributed by atoms with van der Waals surface area (Å²) in [6.07, 6.45) is 0.0379. The van der Waals surface area contributed by atoms with E-state index >= 15 is 0 Å². The molecule has 2 atom stereocenters. The minimum Gasteiger partial charge on any atom is -0.497 e. The molecule has 1 aromatic heterocycles. The van der Waals surface area contributed by atoms with Crippen molar-refractivity contribution in [2.45, 2.75) is 19.0 Å². The van der Waals surface area contributed by atoms with Crippen molar-refractivity contribution in [3.05, 3.63) is 52.2 Å². The summed E-state index contributed by atoms with van der Waals surface area (Å²) in [7, 11) is 1.58. The highest BCUT2D eigenvalue weighted by atomic mass is 32.1. The van der Waals surface area contributed by atoms with Crippen molar-refractivity contribution >= 4 is 23.2 Å². The highest BCUT2D eigenvalue weighted by Gasteiger charge is 2.44. The maximum absolute atomic E-state index is 12.4. The smallest absolute Gasteiger partial charge is 0.309 e. The Morgan fingerprint density at radius 1 is 1.35 bits per heavy atom. The Kier molecular flexibility index (Phi) is 4.34. The van der Waals surface area contributed by atoms with Gasteiger partial charge in [0, 0.05) is 13.0 Å². The van der Waals surface area contributed by atoms with Crippen LogP contribution in [0.1, 0.15) is 23.6 Å². The standard InChI is InChI=1S/C17H17NO4S/c1-22-13-4-2-12(3-5-13)16-14(17(20)21)8-15(19)18(16)9-11-6-7-23-10-11/h2-7,10,14,16H,8-9H2,1H3,(H,20,21). The van der Waals surface area contributed by atoms with Crippen LogP contribution >= 0.6 is 11.3 Å². The molecule has 1 aromatic carbocycles. The van der Waals surface area contributed by atoms with Crippen LogP contribution in [-0.4, -0.2) is 29.0 Å². The third-order valence-electron chi connectivity index (χ3n) is 4.14. The first-order valence-corrected chi connectivity index (χ1v) is 8.21. The Morgan fingerprint density at radius 2 is 2.09 bits per heavy atom. The van der Waals surface area contributed by atoms with E-state index in [4.69, 9.17) is 4.74 Å². The van der Waals surface area contributed by atoms with E-state index in [1.54, 1.807) is 35.5 Å². The average molecular weight is 331 g/mol. The van der Waals surface area contributed by atoms with Crippen LogP contribution in [0.5, 0.6) is 5.75 Å². The Morgan fingerprint density at radius 3 is 2.65 bits per heavy atom. The van der Waals surface area contributed by atoms with Crippen molar-refractivity contribution in [2.75, 3.05) is 7.11 Å². The van der Waals surface area contributed by atoms with Gasteiger partial charge in [0.15, 0.2) is 0 Å². The average Bonchev–Trinajstić information content (AvgIpc) is 3.17. The van der Waals surface area contributed by atoms with Gasteiger partial charge in [0.1, 0.15) is 5.75 Å². The molecule has 2 unspecified atom stereocenters. The molecule has 1 N–H and O–H groups in total. The van der Waals surface area contributed by atoms with Crippen molar-refractivity contribution in [3.63, 3.8) is 0 Å². The number of amides is 1. The second kappa shape index (κ2) is 6.42.